The molecule has 4 aromatic carbocycles. The lowest BCUT2D eigenvalue weighted by Crippen LogP contribution is -2.31. The van der Waals surface area contributed by atoms with Crippen molar-refractivity contribution in [1.82, 2.24) is 14.8 Å². The molecule has 1 aliphatic rings. The summed E-state index contributed by atoms with van der Waals surface area (Å²) in [5.41, 5.74) is 4.58. The number of halogens is 3. The van der Waals surface area contributed by atoms with Gasteiger partial charge in [-0.3, -0.25) is 4.79 Å². The van der Waals surface area contributed by atoms with Crippen molar-refractivity contribution in [1.29, 1.82) is 0 Å². The summed E-state index contributed by atoms with van der Waals surface area (Å²) in [5.74, 6) is 1.90. The van der Waals surface area contributed by atoms with E-state index in [4.69, 9.17) is 31.2 Å². The number of benzene rings is 4. The van der Waals surface area contributed by atoms with Crippen molar-refractivity contribution in [2.75, 3.05) is 17.7 Å². The van der Waals surface area contributed by atoms with Gasteiger partial charge < -0.3 is 20.1 Å². The highest BCUT2D eigenvalue weighted by Gasteiger charge is 2.35. The first kappa shape index (κ1) is 32.2. The lowest BCUT2D eigenvalue weighted by atomic mass is 9.94. The highest BCUT2D eigenvalue weighted by Crippen LogP contribution is 2.43. The largest absolute Gasteiger partial charge is 0.493 e. The van der Waals surface area contributed by atoms with Crippen molar-refractivity contribution in [3.63, 3.8) is 0 Å². The Morgan fingerprint density at radius 2 is 1.78 bits per heavy atom. The maximum Gasteiger partial charge on any atom is 0.255 e. The van der Waals surface area contributed by atoms with Gasteiger partial charge in [-0.05, 0) is 82.0 Å². The van der Waals surface area contributed by atoms with Gasteiger partial charge in [0.05, 0.1) is 17.2 Å². The van der Waals surface area contributed by atoms with E-state index in [0.29, 0.717) is 61.4 Å². The van der Waals surface area contributed by atoms with Crippen LogP contribution in [0.5, 0.6) is 11.5 Å². The number of anilines is 2. The van der Waals surface area contributed by atoms with Crippen LogP contribution in [0.15, 0.2) is 116 Å². The molecule has 2 heterocycles. The van der Waals surface area contributed by atoms with Crippen LogP contribution in [0.4, 0.5) is 11.6 Å². The number of allylic oxidation sites excluding steroid dienone is 1. The second kappa shape index (κ2) is 14.3. The van der Waals surface area contributed by atoms with Crippen LogP contribution in [-0.2, 0) is 17.2 Å². The third-order valence-corrected chi connectivity index (χ3v) is 9.66. The number of nitrogens with one attached hydrogen (secondary N) is 2. The second-order valence-electron chi connectivity index (χ2n) is 10.4. The molecule has 1 amide bonds. The molecule has 6 rings (SSSR count). The van der Waals surface area contributed by atoms with Crippen LogP contribution in [-0.4, -0.2) is 27.8 Å². The fraction of sp³-hybridized carbons (Fsp3) is 0.147. The Morgan fingerprint density at radius 3 is 2.52 bits per heavy atom. The molecule has 12 heteroatoms. The molecule has 1 aromatic heterocycles. The van der Waals surface area contributed by atoms with Crippen LogP contribution < -0.4 is 20.1 Å². The SMILES string of the molecule is COc1cc(C2C(C(=O)Nc3ccccc3)=C(C)Nc3nc(SCc4ccccc4Cl)nn32)cc(Br)c1OCc1ccc(Br)cc1. The van der Waals surface area contributed by atoms with E-state index in [1.165, 1.54) is 11.8 Å². The summed E-state index contributed by atoms with van der Waals surface area (Å²) < 4.78 is 15.4. The van der Waals surface area contributed by atoms with E-state index in [0.717, 1.165) is 21.2 Å². The zero-order chi connectivity index (χ0) is 32.2. The van der Waals surface area contributed by atoms with Crippen LogP contribution >= 0.6 is 55.2 Å². The van der Waals surface area contributed by atoms with Crippen molar-refractivity contribution in [3.05, 3.63) is 133 Å². The molecule has 0 fully saturated rings. The van der Waals surface area contributed by atoms with Gasteiger partial charge in [-0.15, -0.1) is 5.10 Å². The molecule has 1 aliphatic heterocycles. The molecule has 1 atom stereocenters. The summed E-state index contributed by atoms with van der Waals surface area (Å²) in [7, 11) is 1.59. The van der Waals surface area contributed by atoms with E-state index < -0.39 is 6.04 Å². The highest BCUT2D eigenvalue weighted by molar-refractivity contribution is 9.10. The van der Waals surface area contributed by atoms with Gasteiger partial charge in [-0.2, -0.15) is 4.98 Å². The Bertz CT molecular complexity index is 1920. The maximum absolute atomic E-state index is 14.0. The summed E-state index contributed by atoms with van der Waals surface area (Å²) in [6.45, 7) is 2.21. The molecular formula is C34H28Br2ClN5O3S. The van der Waals surface area contributed by atoms with Gasteiger partial charge in [0.15, 0.2) is 11.5 Å². The Kier molecular flexibility index (Phi) is 10.0. The van der Waals surface area contributed by atoms with Crippen LogP contribution in [0.25, 0.3) is 0 Å². The molecule has 8 nitrogen and oxygen atoms in total. The number of hydrogen-bond donors (Lipinski definition) is 2. The summed E-state index contributed by atoms with van der Waals surface area (Å²) in [5, 5.41) is 12.5. The monoisotopic (exact) mass is 779 g/mol. The smallest absolute Gasteiger partial charge is 0.255 e. The lowest BCUT2D eigenvalue weighted by Gasteiger charge is -2.29. The third-order valence-electron chi connectivity index (χ3n) is 7.29. The Balaban J connectivity index is 1.37. The van der Waals surface area contributed by atoms with E-state index in [1.807, 2.05) is 97.9 Å². The molecule has 0 saturated carbocycles. The first-order chi connectivity index (χ1) is 22.3. The molecule has 0 spiro atoms. The average Bonchev–Trinajstić information content (AvgIpc) is 3.46. The van der Waals surface area contributed by atoms with Crippen LogP contribution in [0, 0.1) is 0 Å². The Morgan fingerprint density at radius 1 is 1.04 bits per heavy atom. The first-order valence-electron chi connectivity index (χ1n) is 14.2. The summed E-state index contributed by atoms with van der Waals surface area (Å²) in [6, 6.07) is 28.2. The van der Waals surface area contributed by atoms with Gasteiger partial charge in [-0.25, -0.2) is 4.68 Å². The lowest BCUT2D eigenvalue weighted by molar-refractivity contribution is -0.113. The summed E-state index contributed by atoms with van der Waals surface area (Å²) in [6.07, 6.45) is 0. The third kappa shape index (κ3) is 7.12. The number of nitrogens with zero attached hydrogens (tertiary/aromatic N) is 3. The average molecular weight is 782 g/mol. The Hall–Kier alpha value is -3.77. The minimum atomic E-state index is -0.632. The standard InChI is InChI=1S/C34H28Br2ClN5O3S/c1-20-29(32(43)39-25-9-4-3-5-10-25)30(42-33(38-20)40-34(41-42)46-19-22-8-6-7-11-27(22)37)23-16-26(36)31(28(17-23)44-2)45-18-21-12-14-24(35)15-13-21/h3-17,30H,18-19H2,1-2H3,(H,39,43)(H,38,40,41). The molecule has 0 bridgehead atoms. The number of rotatable bonds is 10. The molecule has 234 valence electrons. The number of ether oxygens (including phenoxy) is 2. The number of methoxy groups -OCH3 is 1. The number of carbonyl (C=O) groups is 1. The van der Waals surface area contributed by atoms with E-state index in [1.54, 1.807) is 11.8 Å². The maximum atomic E-state index is 14.0. The second-order valence-corrected chi connectivity index (χ2v) is 13.5. The van der Waals surface area contributed by atoms with E-state index in [-0.39, 0.29) is 5.91 Å². The Labute approximate surface area is 292 Å². The summed E-state index contributed by atoms with van der Waals surface area (Å²) in [4.78, 5) is 18.7. The minimum absolute atomic E-state index is 0.265. The molecule has 0 aliphatic carbocycles. The van der Waals surface area contributed by atoms with Crippen molar-refractivity contribution in [2.45, 2.75) is 30.5 Å². The molecule has 0 saturated heterocycles. The van der Waals surface area contributed by atoms with Crippen molar-refractivity contribution in [2.24, 2.45) is 0 Å². The van der Waals surface area contributed by atoms with Crippen molar-refractivity contribution in [3.8, 4) is 11.5 Å². The molecule has 2 N–H and O–H groups in total. The van der Waals surface area contributed by atoms with Gasteiger partial charge in [0.25, 0.3) is 5.91 Å². The normalized spacial score (nSPS) is 14.0. The molecule has 1 unspecified atom stereocenters. The number of thioether (sulfide) groups is 1. The van der Waals surface area contributed by atoms with E-state index in [9.17, 15) is 4.79 Å². The number of aromatic nitrogens is 3. The summed E-state index contributed by atoms with van der Waals surface area (Å²) >= 11 is 15.1. The zero-order valence-electron chi connectivity index (χ0n) is 24.8. The molecule has 46 heavy (non-hydrogen) atoms. The van der Waals surface area contributed by atoms with Gasteiger partial charge in [0, 0.05) is 26.6 Å². The van der Waals surface area contributed by atoms with Gasteiger partial charge >= 0.3 is 0 Å². The number of hydrogen-bond acceptors (Lipinski definition) is 7. The fourth-order valence-electron chi connectivity index (χ4n) is 5.05. The van der Waals surface area contributed by atoms with E-state index >= 15 is 0 Å². The van der Waals surface area contributed by atoms with Gasteiger partial charge in [-0.1, -0.05) is 87.8 Å². The quantitative estimate of drug-likeness (QED) is 0.137. The van der Waals surface area contributed by atoms with Crippen LogP contribution in [0.3, 0.4) is 0 Å². The molecule has 0 radical (unpaired) electrons. The number of para-hydroxylation sites is 1. The predicted octanol–water partition coefficient (Wildman–Crippen LogP) is 9.26. The van der Waals surface area contributed by atoms with E-state index in [2.05, 4.69) is 42.5 Å². The highest BCUT2D eigenvalue weighted by atomic mass is 79.9. The number of amides is 1. The molecule has 5 aromatic rings. The zero-order valence-corrected chi connectivity index (χ0v) is 29.5. The topological polar surface area (TPSA) is 90.3 Å². The van der Waals surface area contributed by atoms with Crippen molar-refractivity contribution >= 4 is 72.8 Å². The van der Waals surface area contributed by atoms with Crippen LogP contribution in [0.2, 0.25) is 5.02 Å². The number of carbonyl (C=O) groups excluding carboxylic acids is 1. The minimum Gasteiger partial charge on any atom is -0.493 e. The van der Waals surface area contributed by atoms with Gasteiger partial charge in [0.1, 0.15) is 12.6 Å². The predicted molar refractivity (Wildman–Crippen MR) is 190 cm³/mol. The molecular weight excluding hydrogens is 754 g/mol. The number of fused-ring (bicyclic) bond motifs is 1. The fourth-order valence-corrected chi connectivity index (χ4v) is 7.00. The first-order valence-corrected chi connectivity index (χ1v) is 17.2. The van der Waals surface area contributed by atoms with Crippen molar-refractivity contribution < 1.29 is 14.3 Å². The van der Waals surface area contributed by atoms with Gasteiger partial charge in [0.2, 0.25) is 11.1 Å². The van der Waals surface area contributed by atoms with Crippen LogP contribution in [0.1, 0.15) is 29.7 Å².